The number of methoxy groups -OCH3 is 1. The molecule has 156 valence electrons. The molecule has 0 aliphatic rings. The first kappa shape index (κ1) is 22.2. The van der Waals surface area contributed by atoms with E-state index in [9.17, 15) is 13.2 Å². The summed E-state index contributed by atoms with van der Waals surface area (Å²) in [4.78, 5) is 13.9. The summed E-state index contributed by atoms with van der Waals surface area (Å²) in [7, 11) is -2.31. The van der Waals surface area contributed by atoms with Crippen LogP contribution in [0, 0.1) is 13.8 Å². The van der Waals surface area contributed by atoms with Crippen LogP contribution >= 0.6 is 0 Å². The molecule has 0 unspecified atom stereocenters. The topological polar surface area (TPSA) is 106 Å². The highest BCUT2D eigenvalue weighted by atomic mass is 32.2. The quantitative estimate of drug-likeness (QED) is 0.478. The number of amides is 1. The summed E-state index contributed by atoms with van der Waals surface area (Å²) < 4.78 is 35.6. The molecular formula is C20H25N3O5S. The van der Waals surface area contributed by atoms with Gasteiger partial charge in [-0.1, -0.05) is 12.1 Å². The number of hydrogen-bond acceptors (Lipinski definition) is 6. The van der Waals surface area contributed by atoms with Crippen LogP contribution in [0.1, 0.15) is 23.6 Å². The lowest BCUT2D eigenvalue weighted by Crippen LogP contribution is -2.28. The van der Waals surface area contributed by atoms with Gasteiger partial charge in [0.1, 0.15) is 0 Å². The Kier molecular flexibility index (Phi) is 7.60. The van der Waals surface area contributed by atoms with E-state index in [-0.39, 0.29) is 17.4 Å². The number of hydrogen-bond donors (Lipinski definition) is 2. The first-order chi connectivity index (χ1) is 13.8. The lowest BCUT2D eigenvalue weighted by atomic mass is 10.2. The van der Waals surface area contributed by atoms with Crippen molar-refractivity contribution in [1.82, 2.24) is 10.1 Å². The Labute approximate surface area is 171 Å². The first-order valence-electron chi connectivity index (χ1n) is 8.96. The summed E-state index contributed by atoms with van der Waals surface area (Å²) in [6, 6.07) is 10.1. The van der Waals surface area contributed by atoms with Crippen molar-refractivity contribution in [1.29, 1.82) is 0 Å². The van der Waals surface area contributed by atoms with E-state index in [1.165, 1.54) is 13.3 Å². The molecule has 0 saturated heterocycles. The summed E-state index contributed by atoms with van der Waals surface area (Å²) >= 11 is 0. The fourth-order valence-corrected chi connectivity index (χ4v) is 3.61. The zero-order valence-corrected chi connectivity index (χ0v) is 17.7. The molecule has 0 atom stereocenters. The molecule has 2 N–H and O–H groups in total. The first-order valence-corrected chi connectivity index (χ1v) is 10.4. The Morgan fingerprint density at radius 2 is 1.90 bits per heavy atom. The van der Waals surface area contributed by atoms with Crippen molar-refractivity contribution in [2.45, 2.75) is 25.7 Å². The largest absolute Gasteiger partial charge is 0.493 e. The van der Waals surface area contributed by atoms with Crippen molar-refractivity contribution < 1.29 is 22.7 Å². The van der Waals surface area contributed by atoms with Gasteiger partial charge in [-0.05, 0) is 61.7 Å². The number of aryl methyl sites for hydroxylation is 2. The molecule has 2 aromatic rings. The highest BCUT2D eigenvalue weighted by molar-refractivity contribution is 7.89. The second kappa shape index (κ2) is 9.92. The molecule has 0 spiro atoms. The van der Waals surface area contributed by atoms with E-state index in [0.717, 1.165) is 5.56 Å². The molecule has 9 heteroatoms. The van der Waals surface area contributed by atoms with Crippen LogP contribution in [0.3, 0.4) is 0 Å². The minimum Gasteiger partial charge on any atom is -0.493 e. The number of likely N-dealkylation sites (N-methyl/N-ethyl adjacent to an activating group) is 1. The van der Waals surface area contributed by atoms with Gasteiger partial charge in [0.25, 0.3) is 15.9 Å². The normalized spacial score (nSPS) is 11.3. The number of nitrogens with zero attached hydrogens (tertiary/aromatic N) is 1. The summed E-state index contributed by atoms with van der Waals surface area (Å²) in [5.41, 5.74) is 2.07. The molecule has 2 rings (SSSR count). The van der Waals surface area contributed by atoms with Crippen molar-refractivity contribution in [2.75, 3.05) is 20.3 Å². The number of benzene rings is 2. The summed E-state index contributed by atoms with van der Waals surface area (Å²) in [5, 5.41) is 6.48. The standard InChI is InChI=1S/C20H25N3O5S/c1-5-21-20(24)13-28-17-9-8-16(11-18(17)27-4)12-22-23-29(25,26)19-10-14(2)6-7-15(19)3/h6-12,23H,5,13H2,1-4H3,(H,21,24)/b22-12+. The van der Waals surface area contributed by atoms with Crippen LogP contribution in [0.15, 0.2) is 46.4 Å². The Morgan fingerprint density at radius 3 is 2.59 bits per heavy atom. The van der Waals surface area contributed by atoms with Crippen LogP contribution in [0.25, 0.3) is 0 Å². The Bertz CT molecular complexity index is 1000. The number of nitrogens with one attached hydrogen (secondary N) is 2. The Hall–Kier alpha value is -3.07. The van der Waals surface area contributed by atoms with Crippen molar-refractivity contribution >= 4 is 22.1 Å². The van der Waals surface area contributed by atoms with Gasteiger partial charge in [-0.15, -0.1) is 0 Å². The van der Waals surface area contributed by atoms with Gasteiger partial charge >= 0.3 is 0 Å². The lowest BCUT2D eigenvalue weighted by molar-refractivity contribution is -0.123. The predicted octanol–water partition coefficient (Wildman–Crippen LogP) is 2.14. The second-order valence-electron chi connectivity index (χ2n) is 6.27. The van der Waals surface area contributed by atoms with Gasteiger partial charge in [0.15, 0.2) is 18.1 Å². The third-order valence-corrected chi connectivity index (χ3v) is 5.30. The molecule has 0 aromatic heterocycles. The number of sulfonamides is 1. The third kappa shape index (κ3) is 6.21. The van der Waals surface area contributed by atoms with Crippen LogP contribution in [0.4, 0.5) is 0 Å². The van der Waals surface area contributed by atoms with E-state index in [1.54, 1.807) is 37.3 Å². The van der Waals surface area contributed by atoms with E-state index in [2.05, 4.69) is 15.2 Å². The number of carbonyl (C=O) groups is 1. The summed E-state index contributed by atoms with van der Waals surface area (Å²) in [6.45, 7) is 5.76. The maximum atomic E-state index is 12.5. The minimum atomic E-state index is -3.78. The lowest BCUT2D eigenvalue weighted by Gasteiger charge is -2.11. The fourth-order valence-electron chi connectivity index (χ4n) is 2.49. The number of ether oxygens (including phenoxy) is 2. The molecule has 1 amide bonds. The smallest absolute Gasteiger partial charge is 0.276 e. The molecule has 29 heavy (non-hydrogen) atoms. The van der Waals surface area contributed by atoms with Crippen molar-refractivity contribution in [2.24, 2.45) is 5.10 Å². The number of rotatable bonds is 9. The number of hydrazone groups is 1. The van der Waals surface area contributed by atoms with Crippen molar-refractivity contribution in [3.05, 3.63) is 53.1 Å². The Morgan fingerprint density at radius 1 is 1.14 bits per heavy atom. The predicted molar refractivity (Wildman–Crippen MR) is 111 cm³/mol. The van der Waals surface area contributed by atoms with Gasteiger partial charge in [0, 0.05) is 6.54 Å². The maximum absolute atomic E-state index is 12.5. The monoisotopic (exact) mass is 419 g/mol. The number of carbonyl (C=O) groups excluding carboxylic acids is 1. The van der Waals surface area contributed by atoms with Gasteiger partial charge in [-0.2, -0.15) is 13.5 Å². The molecule has 0 saturated carbocycles. The average Bonchev–Trinajstić information content (AvgIpc) is 2.68. The summed E-state index contributed by atoms with van der Waals surface area (Å²) in [5.74, 6) is 0.559. The molecule has 8 nitrogen and oxygen atoms in total. The third-order valence-electron chi connectivity index (χ3n) is 3.94. The molecule has 0 aliphatic carbocycles. The zero-order chi connectivity index (χ0) is 21.4. The molecule has 0 aliphatic heterocycles. The molecule has 2 aromatic carbocycles. The molecule has 0 bridgehead atoms. The average molecular weight is 420 g/mol. The van der Waals surface area contributed by atoms with Gasteiger partial charge in [-0.3, -0.25) is 4.79 Å². The van der Waals surface area contributed by atoms with Crippen LogP contribution in [0.2, 0.25) is 0 Å². The van der Waals surface area contributed by atoms with Crippen LogP contribution in [0.5, 0.6) is 11.5 Å². The maximum Gasteiger partial charge on any atom is 0.276 e. The fraction of sp³-hybridized carbons (Fsp3) is 0.300. The molecule has 0 fully saturated rings. The molecular weight excluding hydrogens is 394 g/mol. The van der Waals surface area contributed by atoms with E-state index >= 15 is 0 Å². The molecule has 0 heterocycles. The highest BCUT2D eigenvalue weighted by Gasteiger charge is 2.16. The van der Waals surface area contributed by atoms with E-state index in [0.29, 0.717) is 29.2 Å². The van der Waals surface area contributed by atoms with Crippen molar-refractivity contribution in [3.63, 3.8) is 0 Å². The highest BCUT2D eigenvalue weighted by Crippen LogP contribution is 2.27. The van der Waals surface area contributed by atoms with Gasteiger partial charge in [0.2, 0.25) is 0 Å². The van der Waals surface area contributed by atoms with Gasteiger partial charge < -0.3 is 14.8 Å². The van der Waals surface area contributed by atoms with E-state index in [4.69, 9.17) is 9.47 Å². The van der Waals surface area contributed by atoms with Crippen molar-refractivity contribution in [3.8, 4) is 11.5 Å². The van der Waals surface area contributed by atoms with Gasteiger partial charge in [0.05, 0.1) is 18.2 Å². The summed E-state index contributed by atoms with van der Waals surface area (Å²) in [6.07, 6.45) is 1.36. The van der Waals surface area contributed by atoms with Crippen LogP contribution < -0.4 is 19.6 Å². The van der Waals surface area contributed by atoms with E-state index in [1.807, 2.05) is 19.9 Å². The van der Waals surface area contributed by atoms with Crippen LogP contribution in [-0.2, 0) is 14.8 Å². The zero-order valence-electron chi connectivity index (χ0n) is 16.9. The van der Waals surface area contributed by atoms with Gasteiger partial charge in [-0.25, -0.2) is 4.83 Å². The van der Waals surface area contributed by atoms with E-state index < -0.39 is 10.0 Å². The second-order valence-corrected chi connectivity index (χ2v) is 7.90. The van der Waals surface area contributed by atoms with Crippen LogP contribution in [-0.4, -0.2) is 40.8 Å². The SMILES string of the molecule is CCNC(=O)COc1ccc(/C=N/NS(=O)(=O)c2cc(C)ccc2C)cc1OC. The minimum absolute atomic E-state index is 0.132. The molecule has 0 radical (unpaired) electrons. The Balaban J connectivity index is 2.10.